The first-order chi connectivity index (χ1) is 4.69. The van der Waals surface area contributed by atoms with Crippen molar-refractivity contribution in [1.29, 1.82) is 0 Å². The summed E-state index contributed by atoms with van der Waals surface area (Å²) in [6.07, 6.45) is 0. The Bertz CT molecular complexity index is 141. The van der Waals surface area contributed by atoms with E-state index in [1.54, 1.807) is 0 Å². The van der Waals surface area contributed by atoms with E-state index in [9.17, 15) is 0 Å². The predicted molar refractivity (Wildman–Crippen MR) is 60.4 cm³/mol. The van der Waals surface area contributed by atoms with Crippen LogP contribution in [-0.2, 0) is 0 Å². The van der Waals surface area contributed by atoms with Gasteiger partial charge >= 0.3 is 0 Å². The van der Waals surface area contributed by atoms with Gasteiger partial charge < -0.3 is 0 Å². The quantitative estimate of drug-likeness (QED) is 0.466. The third-order valence-electron chi connectivity index (χ3n) is 1.51. The molecule has 0 aliphatic carbocycles. The molecule has 0 aliphatic rings. The van der Waals surface area contributed by atoms with E-state index in [1.807, 2.05) is 0 Å². The Kier molecular flexibility index (Phi) is 3.54. The number of rotatable bonds is 0. The number of hydrogen-bond donors (Lipinski definition) is 0. The van der Waals surface area contributed by atoms with E-state index in [2.05, 4.69) is 67.6 Å². The molecule has 2 heteroatoms. The summed E-state index contributed by atoms with van der Waals surface area (Å²) in [5.41, 5.74) is 1.66. The standard InChI is InChI=1S/C9H18IN/c1-8(2,3)7(11-10)9(4,5)6/h1-6H3. The number of halogens is 1. The Labute approximate surface area is 84.2 Å². The highest BCUT2D eigenvalue weighted by atomic mass is 127. The average Bonchev–Trinajstić information content (AvgIpc) is 1.56. The van der Waals surface area contributed by atoms with Gasteiger partial charge in [0.15, 0.2) is 0 Å². The van der Waals surface area contributed by atoms with E-state index in [-0.39, 0.29) is 10.8 Å². The summed E-state index contributed by atoms with van der Waals surface area (Å²) in [7, 11) is 0. The molecule has 0 atom stereocenters. The van der Waals surface area contributed by atoms with Crippen molar-refractivity contribution in [2.24, 2.45) is 14.0 Å². The summed E-state index contributed by atoms with van der Waals surface area (Å²) >= 11 is 2.09. The third-order valence-corrected chi connectivity index (χ3v) is 1.99. The fourth-order valence-corrected chi connectivity index (χ4v) is 2.83. The van der Waals surface area contributed by atoms with Crippen molar-refractivity contribution in [2.75, 3.05) is 0 Å². The van der Waals surface area contributed by atoms with Crippen molar-refractivity contribution in [1.82, 2.24) is 0 Å². The molecule has 1 nitrogen and oxygen atoms in total. The molecule has 0 aromatic heterocycles. The lowest BCUT2D eigenvalue weighted by molar-refractivity contribution is 0.482. The van der Waals surface area contributed by atoms with E-state index >= 15 is 0 Å². The first kappa shape index (κ1) is 11.4. The monoisotopic (exact) mass is 267 g/mol. The summed E-state index contributed by atoms with van der Waals surface area (Å²) in [4.78, 5) is 0. The summed E-state index contributed by atoms with van der Waals surface area (Å²) in [5.74, 6) is 0. The molecule has 0 saturated carbocycles. The smallest absolute Gasteiger partial charge is 0.0830 e. The van der Waals surface area contributed by atoms with Gasteiger partial charge in [0, 0.05) is 16.5 Å². The van der Waals surface area contributed by atoms with Crippen LogP contribution in [0.5, 0.6) is 0 Å². The first-order valence-corrected chi connectivity index (χ1v) is 4.86. The van der Waals surface area contributed by atoms with E-state index < -0.39 is 0 Å². The summed E-state index contributed by atoms with van der Waals surface area (Å²) in [5, 5.41) is 0. The maximum atomic E-state index is 4.32. The van der Waals surface area contributed by atoms with E-state index in [0.717, 1.165) is 0 Å². The fraction of sp³-hybridized carbons (Fsp3) is 0.889. The van der Waals surface area contributed by atoms with Crippen LogP contribution in [0.2, 0.25) is 0 Å². The molecule has 0 heterocycles. The lowest BCUT2D eigenvalue weighted by atomic mass is 9.75. The Morgan fingerprint density at radius 1 is 0.909 bits per heavy atom. The number of nitrogens with zero attached hydrogens (tertiary/aromatic N) is 1. The molecular weight excluding hydrogens is 249 g/mol. The van der Waals surface area contributed by atoms with Crippen LogP contribution in [-0.4, -0.2) is 5.71 Å². The van der Waals surface area contributed by atoms with Crippen LogP contribution in [0.4, 0.5) is 0 Å². The van der Waals surface area contributed by atoms with Gasteiger partial charge in [-0.3, -0.25) is 0 Å². The van der Waals surface area contributed by atoms with Gasteiger partial charge in [-0.15, -0.1) is 0 Å². The molecule has 0 spiro atoms. The van der Waals surface area contributed by atoms with E-state index in [1.165, 1.54) is 5.71 Å². The first-order valence-electron chi connectivity index (χ1n) is 3.89. The highest BCUT2D eigenvalue weighted by molar-refractivity contribution is 14.1. The minimum absolute atomic E-state index is 0.194. The van der Waals surface area contributed by atoms with Crippen LogP contribution >= 0.6 is 22.9 Å². The summed E-state index contributed by atoms with van der Waals surface area (Å²) < 4.78 is 4.32. The molecule has 0 saturated heterocycles. The third kappa shape index (κ3) is 3.54. The van der Waals surface area contributed by atoms with Crippen LogP contribution < -0.4 is 0 Å². The molecule has 0 N–H and O–H groups in total. The SMILES string of the molecule is CC(C)(C)C(=NI)C(C)(C)C. The zero-order valence-electron chi connectivity index (χ0n) is 8.33. The normalized spacial score (nSPS) is 13.0. The number of hydrogen-bond acceptors (Lipinski definition) is 1. The van der Waals surface area contributed by atoms with Gasteiger partial charge in [-0.05, 0) is 0 Å². The Morgan fingerprint density at radius 2 is 1.18 bits per heavy atom. The molecule has 0 amide bonds. The summed E-state index contributed by atoms with van der Waals surface area (Å²) in [6.45, 7) is 13.2. The van der Waals surface area contributed by atoms with Gasteiger partial charge in [0.05, 0.1) is 22.9 Å². The van der Waals surface area contributed by atoms with Crippen molar-refractivity contribution in [3.8, 4) is 0 Å². The lowest BCUT2D eigenvalue weighted by Crippen LogP contribution is -2.32. The Morgan fingerprint density at radius 3 is 1.18 bits per heavy atom. The van der Waals surface area contributed by atoms with Crippen LogP contribution in [0.1, 0.15) is 41.5 Å². The van der Waals surface area contributed by atoms with Crippen LogP contribution in [0.15, 0.2) is 3.21 Å². The van der Waals surface area contributed by atoms with Crippen LogP contribution in [0, 0.1) is 10.8 Å². The summed E-state index contributed by atoms with van der Waals surface area (Å²) in [6, 6.07) is 0. The van der Waals surface area contributed by atoms with Gasteiger partial charge in [-0.2, -0.15) is 0 Å². The second-order valence-corrected chi connectivity index (χ2v) is 5.42. The van der Waals surface area contributed by atoms with Crippen molar-refractivity contribution in [3.63, 3.8) is 0 Å². The Hall–Kier alpha value is 0.400. The van der Waals surface area contributed by atoms with Gasteiger partial charge in [0.2, 0.25) is 0 Å². The van der Waals surface area contributed by atoms with Crippen molar-refractivity contribution in [3.05, 3.63) is 0 Å². The van der Waals surface area contributed by atoms with Crippen LogP contribution in [0.25, 0.3) is 0 Å². The largest absolute Gasteiger partial charge is 0.223 e. The molecule has 0 fully saturated rings. The molecule has 0 aromatic rings. The minimum Gasteiger partial charge on any atom is -0.223 e. The Balaban J connectivity index is 4.74. The highest BCUT2D eigenvalue weighted by Gasteiger charge is 2.29. The maximum absolute atomic E-state index is 4.32. The average molecular weight is 267 g/mol. The van der Waals surface area contributed by atoms with Gasteiger partial charge in [-0.1, -0.05) is 41.5 Å². The van der Waals surface area contributed by atoms with Gasteiger partial charge in [-0.25, -0.2) is 3.21 Å². The molecule has 0 radical (unpaired) electrons. The molecule has 0 rings (SSSR count). The van der Waals surface area contributed by atoms with Crippen LogP contribution in [0.3, 0.4) is 0 Å². The molecular formula is C9H18IN. The second-order valence-electron chi connectivity index (χ2n) is 4.93. The second kappa shape index (κ2) is 3.42. The topological polar surface area (TPSA) is 12.4 Å². The minimum atomic E-state index is 0.194. The van der Waals surface area contributed by atoms with Crippen molar-refractivity contribution in [2.45, 2.75) is 41.5 Å². The zero-order valence-corrected chi connectivity index (χ0v) is 10.5. The molecule has 0 unspecified atom stereocenters. The molecule has 0 aromatic carbocycles. The fourth-order valence-electron chi connectivity index (χ4n) is 1.38. The molecule has 0 aliphatic heterocycles. The van der Waals surface area contributed by atoms with E-state index in [4.69, 9.17) is 0 Å². The molecule has 11 heavy (non-hydrogen) atoms. The van der Waals surface area contributed by atoms with Gasteiger partial charge in [0.25, 0.3) is 0 Å². The van der Waals surface area contributed by atoms with Gasteiger partial charge in [0.1, 0.15) is 0 Å². The lowest BCUT2D eigenvalue weighted by Gasteiger charge is -2.31. The van der Waals surface area contributed by atoms with Crippen molar-refractivity contribution >= 4 is 28.6 Å². The predicted octanol–water partition coefficient (Wildman–Crippen LogP) is 3.87. The molecule has 66 valence electrons. The maximum Gasteiger partial charge on any atom is 0.0830 e. The van der Waals surface area contributed by atoms with E-state index in [0.29, 0.717) is 0 Å². The highest BCUT2D eigenvalue weighted by Crippen LogP contribution is 2.30. The molecule has 0 bridgehead atoms. The zero-order chi connectivity index (χ0) is 9.28. The van der Waals surface area contributed by atoms with Crippen molar-refractivity contribution < 1.29 is 0 Å².